The van der Waals surface area contributed by atoms with E-state index < -0.39 is 41.5 Å². The molecule has 0 radical (unpaired) electrons. The molecule has 3 saturated carbocycles. The van der Waals surface area contributed by atoms with Crippen molar-refractivity contribution in [3.63, 3.8) is 0 Å². The van der Waals surface area contributed by atoms with Gasteiger partial charge >= 0.3 is 5.97 Å². The molecule has 1 saturated heterocycles. The summed E-state index contributed by atoms with van der Waals surface area (Å²) in [5, 5.41) is 45.9. The third kappa shape index (κ3) is 4.02. The van der Waals surface area contributed by atoms with Crippen LogP contribution in [-0.2, 0) is 19.2 Å². The number of aliphatic hydroxyl groups is 3. The Kier molecular flexibility index (Phi) is 6.97. The van der Waals surface area contributed by atoms with Crippen LogP contribution in [-0.4, -0.2) is 86.2 Å². The van der Waals surface area contributed by atoms with Crippen molar-refractivity contribution in [1.29, 1.82) is 0 Å². The summed E-state index contributed by atoms with van der Waals surface area (Å²) >= 11 is 0. The van der Waals surface area contributed by atoms with Crippen LogP contribution in [0.25, 0.3) is 0 Å². The van der Waals surface area contributed by atoms with Crippen LogP contribution in [0.15, 0.2) is 16.8 Å². The van der Waals surface area contributed by atoms with Crippen molar-refractivity contribution < 1.29 is 39.6 Å². The van der Waals surface area contributed by atoms with Crippen LogP contribution in [0.5, 0.6) is 0 Å². The van der Waals surface area contributed by atoms with Gasteiger partial charge < -0.3 is 30.2 Å². The Balaban J connectivity index is 1.29. The zero-order chi connectivity index (χ0) is 27.5. The number of ketones is 1. The topological polar surface area (TPSA) is 157 Å². The number of hydrogen-bond donors (Lipinski definition) is 4. The van der Waals surface area contributed by atoms with E-state index in [1.807, 2.05) is 13.0 Å². The number of carbonyl (C=O) groups is 3. The van der Waals surface area contributed by atoms with E-state index in [1.54, 1.807) is 0 Å². The summed E-state index contributed by atoms with van der Waals surface area (Å²) in [6.07, 6.45) is 6.85. The zero-order valence-electron chi connectivity index (χ0n) is 22.3. The molecule has 10 heteroatoms. The standard InChI is InChI=1S/C28H40N2O8/c1-26-9-7-17(29-38-15-23(34)30-11-3-4-20(30)25(35)36)12-16(26)5-6-18-19-8-10-28(37,22(33)14-31)27(19,2)13-21(32)24(18)26/h12,18-21,24,31-32,37H,3-11,13-15H2,1-2H3,(H,35,36)/b29-17-/t18?,19?,20?,21?,24?,26-,27-,28-/m0/s1. The molecule has 1 aliphatic heterocycles. The molecule has 4 aliphatic carbocycles. The van der Waals surface area contributed by atoms with Crippen molar-refractivity contribution in [3.05, 3.63) is 11.6 Å². The maximum Gasteiger partial charge on any atom is 0.326 e. The van der Waals surface area contributed by atoms with Gasteiger partial charge in [0.2, 0.25) is 0 Å². The Hall–Kier alpha value is -2.30. The lowest BCUT2D eigenvalue weighted by Gasteiger charge is -2.60. The minimum Gasteiger partial charge on any atom is -0.480 e. The normalized spacial score (nSPS) is 43.2. The molecule has 0 aromatic rings. The van der Waals surface area contributed by atoms with Gasteiger partial charge in [-0.2, -0.15) is 0 Å². The summed E-state index contributed by atoms with van der Waals surface area (Å²) in [4.78, 5) is 43.1. The molecule has 38 heavy (non-hydrogen) atoms. The number of allylic oxidation sites excluding steroid dienone is 2. The number of aliphatic hydroxyl groups excluding tert-OH is 2. The second-order valence-corrected chi connectivity index (χ2v) is 12.5. The largest absolute Gasteiger partial charge is 0.480 e. The second kappa shape index (κ2) is 9.71. The quantitative estimate of drug-likeness (QED) is 0.376. The van der Waals surface area contributed by atoms with Gasteiger partial charge in [-0.25, -0.2) is 4.79 Å². The number of fused-ring (bicyclic) bond motifs is 5. The highest BCUT2D eigenvalue weighted by molar-refractivity contribution is 5.96. The minimum absolute atomic E-state index is 0.000631. The maximum absolute atomic E-state index is 12.6. The molecular formula is C28H40N2O8. The van der Waals surface area contributed by atoms with Crippen LogP contribution in [0, 0.1) is 28.6 Å². The highest BCUT2D eigenvalue weighted by atomic mass is 16.6. The van der Waals surface area contributed by atoms with Gasteiger partial charge in [-0.3, -0.25) is 9.59 Å². The predicted octanol–water partition coefficient (Wildman–Crippen LogP) is 1.66. The average molecular weight is 533 g/mol. The van der Waals surface area contributed by atoms with Gasteiger partial charge in [0.25, 0.3) is 5.91 Å². The molecule has 0 aromatic carbocycles. The van der Waals surface area contributed by atoms with Crippen molar-refractivity contribution in [3.8, 4) is 0 Å². The van der Waals surface area contributed by atoms with Crippen molar-refractivity contribution >= 4 is 23.4 Å². The fraction of sp³-hybridized carbons (Fsp3) is 0.786. The molecule has 1 amide bonds. The lowest BCUT2D eigenvalue weighted by atomic mass is 9.45. The van der Waals surface area contributed by atoms with E-state index in [1.165, 1.54) is 10.5 Å². The number of hydrogen-bond acceptors (Lipinski definition) is 8. The highest BCUT2D eigenvalue weighted by Crippen LogP contribution is 2.67. The lowest BCUT2D eigenvalue weighted by Crippen LogP contribution is -2.62. The molecule has 4 N–H and O–H groups in total. The molecule has 4 fully saturated rings. The first kappa shape index (κ1) is 27.3. The van der Waals surface area contributed by atoms with Crippen LogP contribution < -0.4 is 0 Å². The first-order chi connectivity index (χ1) is 18.0. The SMILES string of the molecule is C[C@]12CC/C(=N/OCC(=O)N3CCCC3C(=O)O)C=C1CCC1C2C(O)C[C@@]2(C)C1CC[C@]2(O)C(=O)CO. The summed E-state index contributed by atoms with van der Waals surface area (Å²) in [6.45, 7) is 3.53. The molecule has 1 heterocycles. The molecule has 10 nitrogen and oxygen atoms in total. The van der Waals surface area contributed by atoms with E-state index in [0.29, 0.717) is 45.1 Å². The van der Waals surface area contributed by atoms with E-state index in [0.717, 1.165) is 25.0 Å². The van der Waals surface area contributed by atoms with Crippen molar-refractivity contribution in [1.82, 2.24) is 4.90 Å². The number of amides is 1. The van der Waals surface area contributed by atoms with E-state index in [-0.39, 0.29) is 35.7 Å². The molecule has 0 bridgehead atoms. The van der Waals surface area contributed by atoms with Crippen LogP contribution in [0.2, 0.25) is 0 Å². The molecule has 5 aliphatic rings. The number of carboxylic acid groups (broad SMARTS) is 1. The van der Waals surface area contributed by atoms with E-state index in [9.17, 15) is 34.8 Å². The number of Topliss-reactive ketones (excluding diaryl/α,β-unsaturated/α-hetero) is 1. The maximum atomic E-state index is 12.6. The summed E-state index contributed by atoms with van der Waals surface area (Å²) < 4.78 is 0. The molecule has 0 spiro atoms. The van der Waals surface area contributed by atoms with Crippen molar-refractivity contribution in [2.45, 2.75) is 89.4 Å². The third-order valence-corrected chi connectivity index (χ3v) is 10.9. The number of aliphatic carboxylic acids is 1. The van der Waals surface area contributed by atoms with Crippen LogP contribution >= 0.6 is 0 Å². The molecule has 5 rings (SSSR count). The number of nitrogens with zero attached hydrogens (tertiary/aromatic N) is 2. The smallest absolute Gasteiger partial charge is 0.326 e. The number of oxime groups is 1. The summed E-state index contributed by atoms with van der Waals surface area (Å²) in [5.41, 5.74) is -0.673. The van der Waals surface area contributed by atoms with Gasteiger partial charge in [0.15, 0.2) is 12.4 Å². The average Bonchev–Trinajstić information content (AvgIpc) is 3.47. The fourth-order valence-electron chi connectivity index (χ4n) is 8.94. The highest BCUT2D eigenvalue weighted by Gasteiger charge is 2.68. The first-order valence-corrected chi connectivity index (χ1v) is 13.9. The van der Waals surface area contributed by atoms with Gasteiger partial charge in [-0.1, -0.05) is 24.6 Å². The summed E-state index contributed by atoms with van der Waals surface area (Å²) in [6, 6.07) is -0.798. The second-order valence-electron chi connectivity index (χ2n) is 12.5. The predicted molar refractivity (Wildman–Crippen MR) is 136 cm³/mol. The minimum atomic E-state index is -1.60. The molecule has 8 atom stereocenters. The first-order valence-electron chi connectivity index (χ1n) is 13.9. The van der Waals surface area contributed by atoms with E-state index >= 15 is 0 Å². The van der Waals surface area contributed by atoms with Crippen LogP contribution in [0.4, 0.5) is 0 Å². The molecule has 210 valence electrons. The van der Waals surface area contributed by atoms with Gasteiger partial charge in [0.05, 0.1) is 11.8 Å². The molecular weight excluding hydrogens is 492 g/mol. The lowest BCUT2D eigenvalue weighted by molar-refractivity contribution is -0.181. The third-order valence-electron chi connectivity index (χ3n) is 10.9. The summed E-state index contributed by atoms with van der Waals surface area (Å²) in [5.74, 6) is -1.66. The Bertz CT molecular complexity index is 1070. The Morgan fingerprint density at radius 2 is 1.92 bits per heavy atom. The number of likely N-dealkylation sites (tertiary alicyclic amines) is 1. The zero-order valence-corrected chi connectivity index (χ0v) is 22.3. The molecule has 0 aromatic heterocycles. The summed E-state index contributed by atoms with van der Waals surface area (Å²) in [7, 11) is 0. The van der Waals surface area contributed by atoms with E-state index in [4.69, 9.17) is 4.84 Å². The monoisotopic (exact) mass is 532 g/mol. The number of carbonyl (C=O) groups excluding carboxylic acids is 2. The fourth-order valence-corrected chi connectivity index (χ4v) is 8.94. The molecule has 5 unspecified atom stereocenters. The number of rotatable bonds is 6. The van der Waals surface area contributed by atoms with Crippen molar-refractivity contribution in [2.24, 2.45) is 33.7 Å². The van der Waals surface area contributed by atoms with Crippen LogP contribution in [0.1, 0.15) is 71.6 Å². The van der Waals surface area contributed by atoms with Gasteiger partial charge in [-0.05, 0) is 87.0 Å². The van der Waals surface area contributed by atoms with Crippen molar-refractivity contribution in [2.75, 3.05) is 19.8 Å². The van der Waals surface area contributed by atoms with Crippen LogP contribution in [0.3, 0.4) is 0 Å². The van der Waals surface area contributed by atoms with E-state index in [2.05, 4.69) is 12.1 Å². The number of carboxylic acids is 1. The van der Waals surface area contributed by atoms with Gasteiger partial charge in [-0.15, -0.1) is 0 Å². The Morgan fingerprint density at radius 1 is 1.16 bits per heavy atom. The Morgan fingerprint density at radius 3 is 2.63 bits per heavy atom. The van der Waals surface area contributed by atoms with Gasteiger partial charge in [0.1, 0.15) is 18.2 Å². The Labute approximate surface area is 222 Å². The van der Waals surface area contributed by atoms with Gasteiger partial charge in [0, 0.05) is 12.0 Å².